The van der Waals surface area contributed by atoms with Crippen molar-refractivity contribution in [3.63, 3.8) is 0 Å². The Morgan fingerprint density at radius 2 is 1.59 bits per heavy atom. The highest BCUT2D eigenvalue weighted by Gasteiger charge is 2.15. The standard InChI is InChI=1S/C24H23NO4/c1-17-12-14-22(28-2)19(16-17)21(26)13-15-24(27)25-20-10-6-7-11-23(20)29-18-8-4-3-5-9-18/h3-12,14,16H,13,15H2,1-2H3,(H,25,27). The molecule has 0 atom stereocenters. The van der Waals surface area contributed by atoms with Crippen molar-refractivity contribution in [1.82, 2.24) is 0 Å². The number of nitrogens with one attached hydrogen (secondary N) is 1. The van der Waals surface area contributed by atoms with Crippen LogP contribution in [0.3, 0.4) is 0 Å². The van der Waals surface area contributed by atoms with Crippen molar-refractivity contribution in [3.05, 3.63) is 83.9 Å². The first-order chi connectivity index (χ1) is 14.1. The van der Waals surface area contributed by atoms with E-state index in [2.05, 4.69) is 5.32 Å². The lowest BCUT2D eigenvalue weighted by atomic mass is 10.0. The van der Waals surface area contributed by atoms with Crippen LogP contribution in [0.2, 0.25) is 0 Å². The van der Waals surface area contributed by atoms with Crippen molar-refractivity contribution in [2.75, 3.05) is 12.4 Å². The van der Waals surface area contributed by atoms with Gasteiger partial charge in [0.2, 0.25) is 5.91 Å². The van der Waals surface area contributed by atoms with Gasteiger partial charge in [0.15, 0.2) is 11.5 Å². The minimum absolute atomic E-state index is 0.0651. The molecule has 0 aliphatic heterocycles. The Kier molecular flexibility index (Phi) is 6.63. The van der Waals surface area contributed by atoms with E-state index in [9.17, 15) is 9.59 Å². The van der Waals surface area contributed by atoms with Gasteiger partial charge in [-0.25, -0.2) is 0 Å². The molecule has 0 saturated heterocycles. The van der Waals surface area contributed by atoms with Crippen LogP contribution in [-0.2, 0) is 4.79 Å². The van der Waals surface area contributed by atoms with E-state index in [1.807, 2.05) is 55.5 Å². The summed E-state index contributed by atoms with van der Waals surface area (Å²) in [6, 6.07) is 22.0. The zero-order valence-corrected chi connectivity index (χ0v) is 16.5. The molecule has 148 valence electrons. The van der Waals surface area contributed by atoms with Crippen LogP contribution in [-0.4, -0.2) is 18.8 Å². The van der Waals surface area contributed by atoms with Crippen LogP contribution in [0.5, 0.6) is 17.2 Å². The fourth-order valence-corrected chi connectivity index (χ4v) is 2.89. The van der Waals surface area contributed by atoms with Crippen molar-refractivity contribution in [2.24, 2.45) is 0 Å². The summed E-state index contributed by atoms with van der Waals surface area (Å²) in [6.07, 6.45) is 0.156. The normalized spacial score (nSPS) is 10.3. The lowest BCUT2D eigenvalue weighted by Gasteiger charge is -2.12. The first-order valence-electron chi connectivity index (χ1n) is 9.36. The van der Waals surface area contributed by atoms with Crippen LogP contribution in [0.15, 0.2) is 72.8 Å². The van der Waals surface area contributed by atoms with Gasteiger partial charge in [-0.15, -0.1) is 0 Å². The number of para-hydroxylation sites is 3. The predicted molar refractivity (Wildman–Crippen MR) is 113 cm³/mol. The lowest BCUT2D eigenvalue weighted by molar-refractivity contribution is -0.116. The molecule has 0 heterocycles. The van der Waals surface area contributed by atoms with Gasteiger partial charge in [-0.1, -0.05) is 42.0 Å². The molecule has 0 unspecified atom stereocenters. The van der Waals surface area contributed by atoms with Gasteiger partial charge in [-0.3, -0.25) is 9.59 Å². The van der Waals surface area contributed by atoms with E-state index in [-0.39, 0.29) is 24.5 Å². The zero-order valence-electron chi connectivity index (χ0n) is 16.5. The largest absolute Gasteiger partial charge is 0.496 e. The van der Waals surface area contributed by atoms with E-state index in [1.165, 1.54) is 7.11 Å². The molecule has 0 aromatic heterocycles. The molecule has 0 spiro atoms. The van der Waals surface area contributed by atoms with Crippen LogP contribution in [0.1, 0.15) is 28.8 Å². The number of benzene rings is 3. The molecule has 3 rings (SSSR count). The molecule has 1 amide bonds. The van der Waals surface area contributed by atoms with Crippen LogP contribution >= 0.6 is 0 Å². The fraction of sp³-hybridized carbons (Fsp3) is 0.167. The maximum atomic E-state index is 12.6. The highest BCUT2D eigenvalue weighted by atomic mass is 16.5. The highest BCUT2D eigenvalue weighted by molar-refractivity contribution is 6.02. The molecule has 1 N–H and O–H groups in total. The number of methoxy groups -OCH3 is 1. The third kappa shape index (κ3) is 5.45. The van der Waals surface area contributed by atoms with Gasteiger partial charge in [0.05, 0.1) is 18.4 Å². The van der Waals surface area contributed by atoms with E-state index < -0.39 is 0 Å². The van der Waals surface area contributed by atoms with Crippen LogP contribution in [0.25, 0.3) is 0 Å². The van der Waals surface area contributed by atoms with E-state index in [1.54, 1.807) is 24.3 Å². The minimum Gasteiger partial charge on any atom is -0.496 e. The third-order valence-electron chi connectivity index (χ3n) is 4.37. The lowest BCUT2D eigenvalue weighted by Crippen LogP contribution is -2.14. The highest BCUT2D eigenvalue weighted by Crippen LogP contribution is 2.29. The number of ketones is 1. The summed E-state index contributed by atoms with van der Waals surface area (Å²) in [6.45, 7) is 1.91. The second-order valence-electron chi connectivity index (χ2n) is 6.59. The summed E-state index contributed by atoms with van der Waals surface area (Å²) in [5.74, 6) is 1.35. The van der Waals surface area contributed by atoms with E-state index in [0.717, 1.165) is 5.56 Å². The maximum Gasteiger partial charge on any atom is 0.224 e. The average Bonchev–Trinajstić information content (AvgIpc) is 2.74. The minimum atomic E-state index is -0.255. The van der Waals surface area contributed by atoms with E-state index >= 15 is 0 Å². The molecule has 0 radical (unpaired) electrons. The Morgan fingerprint density at radius 3 is 2.34 bits per heavy atom. The Morgan fingerprint density at radius 1 is 0.862 bits per heavy atom. The molecule has 3 aromatic carbocycles. The number of carbonyl (C=O) groups is 2. The average molecular weight is 389 g/mol. The second kappa shape index (κ2) is 9.55. The Balaban J connectivity index is 1.63. The van der Waals surface area contributed by atoms with Gasteiger partial charge in [0, 0.05) is 12.8 Å². The predicted octanol–water partition coefficient (Wildman–Crippen LogP) is 5.40. The summed E-state index contributed by atoms with van der Waals surface area (Å²) >= 11 is 0. The molecule has 0 fully saturated rings. The molecule has 0 aliphatic rings. The summed E-state index contributed by atoms with van der Waals surface area (Å²) < 4.78 is 11.1. The smallest absolute Gasteiger partial charge is 0.224 e. The van der Waals surface area contributed by atoms with Crippen molar-refractivity contribution in [1.29, 1.82) is 0 Å². The van der Waals surface area contributed by atoms with Crippen LogP contribution in [0, 0.1) is 6.92 Å². The van der Waals surface area contributed by atoms with Crippen molar-refractivity contribution >= 4 is 17.4 Å². The number of hydrogen-bond donors (Lipinski definition) is 1. The second-order valence-corrected chi connectivity index (χ2v) is 6.59. The van der Waals surface area contributed by atoms with Gasteiger partial charge in [0.1, 0.15) is 11.5 Å². The van der Waals surface area contributed by atoms with Gasteiger partial charge >= 0.3 is 0 Å². The summed E-state index contributed by atoms with van der Waals surface area (Å²) in [5, 5.41) is 2.83. The number of rotatable bonds is 8. The fourth-order valence-electron chi connectivity index (χ4n) is 2.89. The number of Topliss-reactive ketones (excluding diaryl/α,β-unsaturated/α-hetero) is 1. The van der Waals surface area contributed by atoms with Crippen molar-refractivity contribution in [2.45, 2.75) is 19.8 Å². The number of hydrogen-bond acceptors (Lipinski definition) is 4. The Labute approximate surface area is 170 Å². The number of anilines is 1. The van der Waals surface area contributed by atoms with Gasteiger partial charge < -0.3 is 14.8 Å². The van der Waals surface area contributed by atoms with Crippen LogP contribution in [0.4, 0.5) is 5.69 Å². The number of ether oxygens (including phenoxy) is 2. The Bertz CT molecular complexity index is 999. The topological polar surface area (TPSA) is 64.6 Å². The summed E-state index contributed by atoms with van der Waals surface area (Å²) in [7, 11) is 1.53. The zero-order chi connectivity index (χ0) is 20.6. The molecule has 5 nitrogen and oxygen atoms in total. The molecular weight excluding hydrogens is 366 g/mol. The summed E-state index contributed by atoms with van der Waals surface area (Å²) in [4.78, 5) is 25.0. The Hall–Kier alpha value is -3.60. The molecule has 0 bridgehead atoms. The van der Waals surface area contributed by atoms with Crippen LogP contribution < -0.4 is 14.8 Å². The first-order valence-corrected chi connectivity index (χ1v) is 9.36. The molecular formula is C24H23NO4. The quantitative estimate of drug-likeness (QED) is 0.524. The van der Waals surface area contributed by atoms with Gasteiger partial charge in [-0.2, -0.15) is 0 Å². The first kappa shape index (κ1) is 20.1. The maximum absolute atomic E-state index is 12.6. The monoisotopic (exact) mass is 389 g/mol. The SMILES string of the molecule is COc1ccc(C)cc1C(=O)CCC(=O)Nc1ccccc1Oc1ccccc1. The molecule has 0 aliphatic carbocycles. The number of aryl methyl sites for hydroxylation is 1. The molecule has 3 aromatic rings. The molecule has 0 saturated carbocycles. The van der Waals surface area contributed by atoms with Crippen molar-refractivity contribution < 1.29 is 19.1 Å². The van der Waals surface area contributed by atoms with E-state index in [0.29, 0.717) is 28.5 Å². The molecule has 29 heavy (non-hydrogen) atoms. The van der Waals surface area contributed by atoms with Crippen molar-refractivity contribution in [3.8, 4) is 17.2 Å². The number of carbonyl (C=O) groups excluding carboxylic acids is 2. The molecule has 5 heteroatoms. The van der Waals surface area contributed by atoms with E-state index in [4.69, 9.17) is 9.47 Å². The number of amides is 1. The third-order valence-corrected chi connectivity index (χ3v) is 4.37. The van der Waals surface area contributed by atoms with Gasteiger partial charge in [-0.05, 0) is 43.3 Å². The summed E-state index contributed by atoms with van der Waals surface area (Å²) in [5.41, 5.74) is 2.01. The van der Waals surface area contributed by atoms with Gasteiger partial charge in [0.25, 0.3) is 0 Å².